The molecular formula is C53H72N6O5. The van der Waals surface area contributed by atoms with E-state index < -0.39 is 11.8 Å². The monoisotopic (exact) mass is 873 g/mol. The van der Waals surface area contributed by atoms with E-state index in [0.29, 0.717) is 30.8 Å². The van der Waals surface area contributed by atoms with Crippen LogP contribution < -0.4 is 16.0 Å². The van der Waals surface area contributed by atoms with Gasteiger partial charge in [-0.3, -0.25) is 24.0 Å². The predicted molar refractivity (Wildman–Crippen MR) is 252 cm³/mol. The Hall–Kier alpha value is -5.03. The fourth-order valence-electron chi connectivity index (χ4n) is 10.1. The summed E-state index contributed by atoms with van der Waals surface area (Å²) in [5.74, 6) is -2.12. The van der Waals surface area contributed by atoms with Crippen molar-refractivity contribution in [1.29, 1.82) is 0 Å². The van der Waals surface area contributed by atoms with Crippen LogP contribution in [0, 0.1) is 17.8 Å². The quantitative estimate of drug-likeness (QED) is 0.0845. The van der Waals surface area contributed by atoms with Crippen LogP contribution in [0.1, 0.15) is 140 Å². The summed E-state index contributed by atoms with van der Waals surface area (Å²) in [4.78, 5) is 74.5. The molecule has 0 unspecified atom stereocenters. The smallest absolute Gasteiger partial charge is 0.253 e. The van der Waals surface area contributed by atoms with Crippen LogP contribution in [0.2, 0.25) is 0 Å². The van der Waals surface area contributed by atoms with Crippen LogP contribution >= 0.6 is 0 Å². The molecule has 2 aliphatic carbocycles. The molecule has 2 aliphatic heterocycles. The zero-order valence-electron chi connectivity index (χ0n) is 38.5. The molecule has 0 spiro atoms. The van der Waals surface area contributed by atoms with Gasteiger partial charge in [0.15, 0.2) is 0 Å². The minimum Gasteiger partial charge on any atom is -0.356 e. The molecule has 11 nitrogen and oxygen atoms in total. The third kappa shape index (κ3) is 12.4. The molecule has 11 heteroatoms. The second-order valence-electron chi connectivity index (χ2n) is 19.3. The molecule has 0 aromatic heterocycles. The Labute approximate surface area is 381 Å². The van der Waals surface area contributed by atoms with Crippen LogP contribution in [0.15, 0.2) is 84.9 Å². The van der Waals surface area contributed by atoms with E-state index in [1.165, 1.54) is 75.3 Å². The molecule has 8 atom stereocenters. The Balaban J connectivity index is 0.899. The van der Waals surface area contributed by atoms with Gasteiger partial charge in [-0.15, -0.1) is 0 Å². The van der Waals surface area contributed by atoms with Gasteiger partial charge in [-0.1, -0.05) is 138 Å². The minimum atomic E-state index is -0.690. The molecule has 2 saturated heterocycles. The maximum absolute atomic E-state index is 14.1. The van der Waals surface area contributed by atoms with Crippen molar-refractivity contribution in [3.05, 3.63) is 107 Å². The lowest BCUT2D eigenvalue weighted by molar-refractivity contribution is -0.133. The van der Waals surface area contributed by atoms with Crippen molar-refractivity contribution in [2.24, 2.45) is 17.8 Å². The van der Waals surface area contributed by atoms with E-state index in [2.05, 4.69) is 47.1 Å². The number of carbonyl (C=O) groups excluding carboxylic acids is 5. The average molecular weight is 873 g/mol. The first-order valence-corrected chi connectivity index (χ1v) is 24.5. The van der Waals surface area contributed by atoms with Crippen LogP contribution in [0.5, 0.6) is 0 Å². The van der Waals surface area contributed by atoms with Gasteiger partial charge in [-0.2, -0.15) is 0 Å². The van der Waals surface area contributed by atoms with E-state index in [-0.39, 0.29) is 78.5 Å². The summed E-state index contributed by atoms with van der Waals surface area (Å²) in [7, 11) is 3.90. The van der Waals surface area contributed by atoms with Crippen molar-refractivity contribution in [3.8, 4) is 0 Å². The molecule has 4 aliphatic rings. The van der Waals surface area contributed by atoms with Gasteiger partial charge in [-0.05, 0) is 68.8 Å². The Morgan fingerprint density at radius 1 is 0.516 bits per heavy atom. The lowest BCUT2D eigenvalue weighted by Gasteiger charge is -2.24. The second kappa shape index (κ2) is 22.7. The molecule has 64 heavy (non-hydrogen) atoms. The predicted octanol–water partition coefficient (Wildman–Crippen LogP) is 7.54. The summed E-state index contributed by atoms with van der Waals surface area (Å²) < 4.78 is 0. The number of hydrogen-bond donors (Lipinski definition) is 3. The Morgan fingerprint density at radius 2 is 0.922 bits per heavy atom. The Morgan fingerprint density at radius 3 is 1.36 bits per heavy atom. The second-order valence-corrected chi connectivity index (χ2v) is 19.3. The Bertz CT molecular complexity index is 1930. The topological polar surface area (TPSA) is 131 Å². The van der Waals surface area contributed by atoms with Crippen molar-refractivity contribution < 1.29 is 24.0 Å². The number of carbonyl (C=O) groups is 5. The molecule has 0 radical (unpaired) electrons. The SMILES string of the molecule is CCCCCCCCCCCCCCNC(=O)[C@@H]1CN(C(=O)c2ccc(C(=O)N3C[C@@H](C(=O)N[C@H]4C[C@@H]4c4ccccc4)[C@H](C(=O)N[C@H]4C[C@@H]4c4ccccc4)C3)cc2)C[C@H]1N(C)C. The van der Waals surface area contributed by atoms with Crippen molar-refractivity contribution in [2.75, 3.05) is 46.8 Å². The van der Waals surface area contributed by atoms with Crippen molar-refractivity contribution in [1.82, 2.24) is 30.7 Å². The van der Waals surface area contributed by atoms with E-state index in [1.54, 1.807) is 34.1 Å². The summed E-state index contributed by atoms with van der Waals surface area (Å²) >= 11 is 0. The third-order valence-corrected chi connectivity index (χ3v) is 14.3. The number of likely N-dealkylation sites (N-methyl/N-ethyl adjacent to an activating group) is 1. The van der Waals surface area contributed by atoms with Gasteiger partial charge < -0.3 is 30.7 Å². The first-order valence-electron chi connectivity index (χ1n) is 24.5. The van der Waals surface area contributed by atoms with Gasteiger partial charge in [0, 0.05) is 73.8 Å². The zero-order valence-corrected chi connectivity index (χ0v) is 38.5. The normalized spacial score (nSPS) is 24.7. The van der Waals surface area contributed by atoms with Crippen LogP contribution in [0.4, 0.5) is 0 Å². The number of hydrogen-bond acceptors (Lipinski definition) is 6. The first-order chi connectivity index (χ1) is 31.1. The highest BCUT2D eigenvalue weighted by molar-refractivity contribution is 5.99. The fraction of sp³-hybridized carbons (Fsp3) is 0.566. The van der Waals surface area contributed by atoms with Crippen molar-refractivity contribution >= 4 is 29.5 Å². The summed E-state index contributed by atoms with van der Waals surface area (Å²) in [6, 6.07) is 26.8. The van der Waals surface area contributed by atoms with Gasteiger partial charge >= 0.3 is 0 Å². The molecule has 344 valence electrons. The van der Waals surface area contributed by atoms with Crippen LogP contribution in [0.25, 0.3) is 0 Å². The third-order valence-electron chi connectivity index (χ3n) is 14.3. The number of nitrogens with zero attached hydrogens (tertiary/aromatic N) is 3. The van der Waals surface area contributed by atoms with Gasteiger partial charge in [0.2, 0.25) is 17.7 Å². The largest absolute Gasteiger partial charge is 0.356 e. The van der Waals surface area contributed by atoms with Crippen LogP contribution in [-0.2, 0) is 14.4 Å². The molecule has 0 bridgehead atoms. The van der Waals surface area contributed by atoms with E-state index in [4.69, 9.17) is 0 Å². The summed E-state index contributed by atoms with van der Waals surface area (Å²) in [5, 5.41) is 9.56. The molecule has 4 fully saturated rings. The number of rotatable bonds is 23. The maximum Gasteiger partial charge on any atom is 0.253 e. The first kappa shape index (κ1) is 46.9. The molecule has 7 rings (SSSR count). The Kier molecular flexibility index (Phi) is 16.7. The maximum atomic E-state index is 14.1. The minimum absolute atomic E-state index is 0.00308. The van der Waals surface area contributed by atoms with E-state index in [0.717, 1.165) is 25.7 Å². The average Bonchev–Trinajstić information content (AvgIpc) is 4.15. The summed E-state index contributed by atoms with van der Waals surface area (Å²) in [6.45, 7) is 3.92. The van der Waals surface area contributed by atoms with E-state index >= 15 is 0 Å². The number of unbranched alkanes of at least 4 members (excludes halogenated alkanes) is 11. The lowest BCUT2D eigenvalue weighted by Crippen LogP contribution is -2.43. The van der Waals surface area contributed by atoms with Gasteiger partial charge in [-0.25, -0.2) is 0 Å². The van der Waals surface area contributed by atoms with Crippen molar-refractivity contribution in [2.45, 2.75) is 127 Å². The van der Waals surface area contributed by atoms with Crippen LogP contribution in [0.3, 0.4) is 0 Å². The molecule has 2 saturated carbocycles. The summed E-state index contributed by atoms with van der Waals surface area (Å²) in [6.07, 6.45) is 16.9. The molecule has 3 N–H and O–H groups in total. The fourth-order valence-corrected chi connectivity index (χ4v) is 10.1. The zero-order chi connectivity index (χ0) is 45.0. The van der Waals surface area contributed by atoms with Crippen LogP contribution in [-0.4, -0.2) is 109 Å². The number of likely N-dealkylation sites (tertiary alicyclic amines) is 2. The summed E-state index contributed by atoms with van der Waals surface area (Å²) in [5.41, 5.74) is 3.19. The van der Waals surface area contributed by atoms with E-state index in [1.807, 2.05) is 55.4 Å². The molecule has 3 aromatic carbocycles. The number of nitrogens with one attached hydrogen (secondary N) is 3. The highest BCUT2D eigenvalue weighted by atomic mass is 16.2. The molecule has 2 heterocycles. The highest BCUT2D eigenvalue weighted by Gasteiger charge is 2.49. The molecule has 5 amide bonds. The van der Waals surface area contributed by atoms with Gasteiger partial charge in [0.1, 0.15) is 0 Å². The number of benzene rings is 3. The lowest BCUT2D eigenvalue weighted by atomic mass is 9.94. The highest BCUT2D eigenvalue weighted by Crippen LogP contribution is 2.43. The van der Waals surface area contributed by atoms with Gasteiger partial charge in [0.25, 0.3) is 11.8 Å². The molecule has 3 aromatic rings. The van der Waals surface area contributed by atoms with E-state index in [9.17, 15) is 24.0 Å². The molecular weight excluding hydrogens is 801 g/mol. The van der Waals surface area contributed by atoms with Gasteiger partial charge in [0.05, 0.1) is 17.8 Å². The number of amides is 5. The standard InChI is InChI=1S/C53H72N6O5/c1-4-5-6-7-8-9-10-11-12-13-14-21-30-54-49(60)45-35-59(36-48(45)57(2)3)53(64)40-28-26-39(27-29-40)52(63)58-33-43(50(61)55-46-31-41(46)37-22-17-15-18-23-37)44(34-58)51(62)56-47-32-42(47)38-24-19-16-20-25-38/h15-20,22-29,41-48H,4-14,21,30-36H2,1-3H3,(H,54,60)(H,55,61)(H,56,62)/t41-,42-,43-,44-,45-,46+,47+,48-/m1/s1. The van der Waals surface area contributed by atoms with Crippen molar-refractivity contribution in [3.63, 3.8) is 0 Å².